The van der Waals surface area contributed by atoms with E-state index in [4.69, 9.17) is 0 Å². The first-order chi connectivity index (χ1) is 9.24. The molecule has 1 aromatic heterocycles. The van der Waals surface area contributed by atoms with Crippen molar-refractivity contribution in [2.24, 2.45) is 5.92 Å². The minimum absolute atomic E-state index is 0.512. The van der Waals surface area contributed by atoms with Crippen LogP contribution in [0.2, 0.25) is 0 Å². The van der Waals surface area contributed by atoms with Gasteiger partial charge in [0.15, 0.2) is 0 Å². The van der Waals surface area contributed by atoms with E-state index < -0.39 is 0 Å². The van der Waals surface area contributed by atoms with Gasteiger partial charge in [0.1, 0.15) is 22.4 Å². The molecule has 1 saturated carbocycles. The molecule has 1 unspecified atom stereocenters. The Morgan fingerprint density at radius 2 is 2.05 bits per heavy atom. The number of aromatic nitrogens is 2. The predicted molar refractivity (Wildman–Crippen MR) is 83.6 cm³/mol. The summed E-state index contributed by atoms with van der Waals surface area (Å²) in [4.78, 5) is 8.63. The molecule has 1 aliphatic rings. The van der Waals surface area contributed by atoms with Gasteiger partial charge in [0.25, 0.3) is 0 Å². The summed E-state index contributed by atoms with van der Waals surface area (Å²) in [5, 5.41) is 6.86. The summed E-state index contributed by atoms with van der Waals surface area (Å²) in [5.74, 6) is 2.71. The van der Waals surface area contributed by atoms with Gasteiger partial charge in [0, 0.05) is 12.6 Å². The molecule has 0 bridgehead atoms. The molecule has 0 aliphatic heterocycles. The molecule has 1 atom stereocenters. The zero-order chi connectivity index (χ0) is 13.7. The highest BCUT2D eigenvalue weighted by Crippen LogP contribution is 2.35. The van der Waals surface area contributed by atoms with Crippen LogP contribution in [0.4, 0.5) is 11.6 Å². The number of rotatable bonds is 8. The topological polar surface area (TPSA) is 49.8 Å². The number of hydrogen-bond donors (Lipinski definition) is 2. The van der Waals surface area contributed by atoms with Gasteiger partial charge in [-0.05, 0) is 41.1 Å². The molecule has 0 radical (unpaired) electrons. The van der Waals surface area contributed by atoms with Crippen LogP contribution in [0.1, 0.15) is 46.0 Å². The summed E-state index contributed by atoms with van der Waals surface area (Å²) in [6.07, 6.45) is 7.88. The Hall–Kier alpha value is -0.840. The Balaban J connectivity index is 2.01. The van der Waals surface area contributed by atoms with Gasteiger partial charge in [0.05, 0.1) is 0 Å². The summed E-state index contributed by atoms with van der Waals surface area (Å²) in [6, 6.07) is 0.512. The smallest absolute Gasteiger partial charge is 0.146 e. The first kappa shape index (κ1) is 14.6. The number of halogens is 1. The van der Waals surface area contributed by atoms with E-state index in [1.807, 2.05) is 0 Å². The molecular formula is C14H23BrN4. The van der Waals surface area contributed by atoms with Crippen LogP contribution in [0.5, 0.6) is 0 Å². The van der Waals surface area contributed by atoms with Crippen molar-refractivity contribution in [1.29, 1.82) is 0 Å². The van der Waals surface area contributed by atoms with Crippen molar-refractivity contribution in [3.8, 4) is 0 Å². The minimum atomic E-state index is 0.512. The van der Waals surface area contributed by atoms with Crippen LogP contribution in [-0.4, -0.2) is 22.6 Å². The third-order valence-electron chi connectivity index (χ3n) is 3.48. The lowest BCUT2D eigenvalue weighted by molar-refractivity contribution is 0.584. The van der Waals surface area contributed by atoms with Crippen LogP contribution >= 0.6 is 15.9 Å². The molecule has 0 spiro atoms. The Morgan fingerprint density at radius 1 is 1.32 bits per heavy atom. The quantitative estimate of drug-likeness (QED) is 0.756. The predicted octanol–water partition coefficient (Wildman–Crippen LogP) is 4.05. The van der Waals surface area contributed by atoms with Crippen molar-refractivity contribution in [2.75, 3.05) is 17.2 Å². The van der Waals surface area contributed by atoms with Crippen molar-refractivity contribution < 1.29 is 0 Å². The molecule has 0 saturated heterocycles. The highest BCUT2D eigenvalue weighted by Gasteiger charge is 2.25. The number of nitrogens with one attached hydrogen (secondary N) is 2. The molecule has 1 aromatic rings. The van der Waals surface area contributed by atoms with E-state index >= 15 is 0 Å². The van der Waals surface area contributed by atoms with Gasteiger partial charge in [-0.1, -0.05) is 26.7 Å². The second-order valence-electron chi connectivity index (χ2n) is 5.24. The Labute approximate surface area is 123 Å². The first-order valence-corrected chi connectivity index (χ1v) is 8.04. The first-order valence-electron chi connectivity index (χ1n) is 7.25. The third-order valence-corrected chi connectivity index (χ3v) is 4.23. The van der Waals surface area contributed by atoms with Gasteiger partial charge in [-0.25, -0.2) is 9.97 Å². The standard InChI is InChI=1S/C14H23BrN4/c1-3-7-16-13-12(15)14(18-9-17-13)19-11(4-2)8-10-5-6-10/h9-11H,3-8H2,1-2H3,(H2,16,17,18,19). The molecule has 1 fully saturated rings. The zero-order valence-corrected chi connectivity index (χ0v) is 13.3. The largest absolute Gasteiger partial charge is 0.369 e. The van der Waals surface area contributed by atoms with Gasteiger partial charge in [-0.2, -0.15) is 0 Å². The van der Waals surface area contributed by atoms with Crippen LogP contribution in [0.25, 0.3) is 0 Å². The van der Waals surface area contributed by atoms with Crippen molar-refractivity contribution in [3.63, 3.8) is 0 Å². The van der Waals surface area contributed by atoms with Crippen molar-refractivity contribution in [1.82, 2.24) is 9.97 Å². The molecule has 2 rings (SSSR count). The summed E-state index contributed by atoms with van der Waals surface area (Å²) in [6.45, 7) is 5.30. The number of anilines is 2. The Bertz CT molecular complexity index is 406. The molecule has 5 heteroatoms. The lowest BCUT2D eigenvalue weighted by Gasteiger charge is -2.19. The highest BCUT2D eigenvalue weighted by molar-refractivity contribution is 9.10. The normalized spacial score (nSPS) is 16.2. The maximum atomic E-state index is 4.35. The van der Waals surface area contributed by atoms with Crippen LogP contribution in [0.3, 0.4) is 0 Å². The summed E-state index contributed by atoms with van der Waals surface area (Å²) < 4.78 is 0.942. The lowest BCUT2D eigenvalue weighted by Crippen LogP contribution is -2.20. The van der Waals surface area contributed by atoms with Gasteiger partial charge < -0.3 is 10.6 Å². The van der Waals surface area contributed by atoms with E-state index in [1.54, 1.807) is 6.33 Å². The maximum Gasteiger partial charge on any atom is 0.146 e. The fourth-order valence-corrected chi connectivity index (χ4v) is 2.57. The van der Waals surface area contributed by atoms with E-state index in [0.717, 1.165) is 41.4 Å². The van der Waals surface area contributed by atoms with Crippen molar-refractivity contribution in [3.05, 3.63) is 10.8 Å². The van der Waals surface area contributed by atoms with Crippen LogP contribution in [-0.2, 0) is 0 Å². The van der Waals surface area contributed by atoms with Gasteiger partial charge in [0.2, 0.25) is 0 Å². The van der Waals surface area contributed by atoms with Gasteiger partial charge >= 0.3 is 0 Å². The molecule has 1 heterocycles. The Morgan fingerprint density at radius 3 is 2.68 bits per heavy atom. The van der Waals surface area contributed by atoms with E-state index in [2.05, 4.69) is 50.4 Å². The SMILES string of the molecule is CCCNc1ncnc(NC(CC)CC2CC2)c1Br. The molecule has 4 nitrogen and oxygen atoms in total. The van der Waals surface area contributed by atoms with Gasteiger partial charge in [-0.15, -0.1) is 0 Å². The van der Waals surface area contributed by atoms with Crippen molar-refractivity contribution >= 4 is 27.6 Å². The van der Waals surface area contributed by atoms with E-state index in [9.17, 15) is 0 Å². The second kappa shape index (κ2) is 7.08. The summed E-state index contributed by atoms with van der Waals surface area (Å²) in [7, 11) is 0. The summed E-state index contributed by atoms with van der Waals surface area (Å²) in [5.41, 5.74) is 0. The van der Waals surface area contributed by atoms with Gasteiger partial charge in [-0.3, -0.25) is 0 Å². The molecule has 19 heavy (non-hydrogen) atoms. The molecular weight excluding hydrogens is 304 g/mol. The fraction of sp³-hybridized carbons (Fsp3) is 0.714. The average molecular weight is 327 g/mol. The average Bonchev–Trinajstić information content (AvgIpc) is 3.22. The van der Waals surface area contributed by atoms with Crippen molar-refractivity contribution in [2.45, 2.75) is 52.0 Å². The van der Waals surface area contributed by atoms with Crippen LogP contribution in [0, 0.1) is 5.92 Å². The zero-order valence-electron chi connectivity index (χ0n) is 11.7. The maximum absolute atomic E-state index is 4.35. The third kappa shape index (κ3) is 4.34. The molecule has 0 amide bonds. The monoisotopic (exact) mass is 326 g/mol. The minimum Gasteiger partial charge on any atom is -0.369 e. The lowest BCUT2D eigenvalue weighted by atomic mass is 10.1. The van der Waals surface area contributed by atoms with E-state index in [0.29, 0.717) is 6.04 Å². The van der Waals surface area contributed by atoms with Crippen LogP contribution in [0.15, 0.2) is 10.8 Å². The second-order valence-corrected chi connectivity index (χ2v) is 6.03. The van der Waals surface area contributed by atoms with E-state index in [1.165, 1.54) is 19.3 Å². The van der Waals surface area contributed by atoms with E-state index in [-0.39, 0.29) is 0 Å². The molecule has 1 aliphatic carbocycles. The Kier molecular flexibility index (Phi) is 5.43. The molecule has 0 aromatic carbocycles. The number of hydrogen-bond acceptors (Lipinski definition) is 4. The molecule has 2 N–H and O–H groups in total. The molecule has 106 valence electrons. The van der Waals surface area contributed by atoms with Crippen LogP contribution < -0.4 is 10.6 Å². The fourth-order valence-electron chi connectivity index (χ4n) is 2.11. The number of nitrogens with zero attached hydrogens (tertiary/aromatic N) is 2. The summed E-state index contributed by atoms with van der Waals surface area (Å²) >= 11 is 3.60. The highest BCUT2D eigenvalue weighted by atomic mass is 79.9.